The molecule has 1 aromatic rings. The summed E-state index contributed by atoms with van der Waals surface area (Å²) in [6, 6.07) is 7.94. The number of amides is 2. The molecule has 6 heteroatoms. The van der Waals surface area contributed by atoms with Crippen LogP contribution in [0.15, 0.2) is 24.3 Å². The van der Waals surface area contributed by atoms with Crippen LogP contribution in [0.4, 0.5) is 0 Å². The lowest BCUT2D eigenvalue weighted by Crippen LogP contribution is -2.61. The lowest BCUT2D eigenvalue weighted by molar-refractivity contribution is -0.143. The summed E-state index contributed by atoms with van der Waals surface area (Å²) in [5.74, 6) is 1.11. The molecule has 0 spiro atoms. The third kappa shape index (κ3) is 3.49. The van der Waals surface area contributed by atoms with E-state index >= 15 is 0 Å². The van der Waals surface area contributed by atoms with E-state index in [4.69, 9.17) is 9.47 Å². The van der Waals surface area contributed by atoms with Gasteiger partial charge >= 0.3 is 0 Å². The Hall–Kier alpha value is -2.08. The number of rotatable bonds is 5. The van der Waals surface area contributed by atoms with Gasteiger partial charge < -0.3 is 19.3 Å². The van der Waals surface area contributed by atoms with E-state index in [-0.39, 0.29) is 24.0 Å². The van der Waals surface area contributed by atoms with Gasteiger partial charge in [-0.25, -0.2) is 0 Å². The van der Waals surface area contributed by atoms with E-state index in [9.17, 15) is 9.59 Å². The Morgan fingerprint density at radius 2 is 2.12 bits per heavy atom. The molecule has 2 amide bonds. The van der Waals surface area contributed by atoms with Crippen molar-refractivity contribution in [3.05, 3.63) is 29.8 Å². The van der Waals surface area contributed by atoms with Crippen LogP contribution in [0.25, 0.3) is 0 Å². The van der Waals surface area contributed by atoms with Gasteiger partial charge in [0.15, 0.2) is 0 Å². The highest BCUT2D eigenvalue weighted by Crippen LogP contribution is 2.25. The minimum Gasteiger partial charge on any atom is -0.488 e. The fourth-order valence-corrected chi connectivity index (χ4v) is 3.74. The Bertz CT molecular complexity index is 651. The molecule has 3 aliphatic rings. The summed E-state index contributed by atoms with van der Waals surface area (Å²) >= 11 is 0. The molecule has 1 aromatic carbocycles. The van der Waals surface area contributed by atoms with Crippen molar-refractivity contribution in [3.63, 3.8) is 0 Å². The average molecular weight is 344 g/mol. The van der Waals surface area contributed by atoms with E-state index in [0.29, 0.717) is 32.5 Å². The van der Waals surface area contributed by atoms with E-state index in [0.717, 1.165) is 37.3 Å². The summed E-state index contributed by atoms with van der Waals surface area (Å²) in [6.45, 7) is 3.50. The quantitative estimate of drug-likeness (QED) is 0.806. The van der Waals surface area contributed by atoms with Crippen LogP contribution in [0.5, 0.6) is 5.75 Å². The number of para-hydroxylation sites is 1. The van der Waals surface area contributed by atoms with Crippen molar-refractivity contribution in [1.82, 2.24) is 9.80 Å². The van der Waals surface area contributed by atoms with Gasteiger partial charge in [-0.15, -0.1) is 0 Å². The molecule has 0 N–H and O–H groups in total. The second-order valence-electron chi connectivity index (χ2n) is 7.03. The highest BCUT2D eigenvalue weighted by atomic mass is 16.5. The average Bonchev–Trinajstić information content (AvgIpc) is 3.20. The van der Waals surface area contributed by atoms with Crippen molar-refractivity contribution in [2.45, 2.75) is 37.8 Å². The maximum atomic E-state index is 12.6. The zero-order valence-corrected chi connectivity index (χ0v) is 14.4. The van der Waals surface area contributed by atoms with E-state index < -0.39 is 0 Å². The van der Waals surface area contributed by atoms with Gasteiger partial charge in [-0.3, -0.25) is 9.59 Å². The second kappa shape index (κ2) is 7.04. The Balaban J connectivity index is 1.33. The molecule has 6 nitrogen and oxygen atoms in total. The molecule has 4 rings (SSSR count). The smallest absolute Gasteiger partial charge is 0.227 e. The summed E-state index contributed by atoms with van der Waals surface area (Å²) < 4.78 is 11.4. The molecule has 3 fully saturated rings. The zero-order chi connectivity index (χ0) is 17.2. The molecule has 0 aliphatic carbocycles. The maximum absolute atomic E-state index is 12.6. The predicted molar refractivity (Wildman–Crippen MR) is 91.3 cm³/mol. The molecule has 3 aliphatic heterocycles. The molecule has 1 atom stereocenters. The van der Waals surface area contributed by atoms with Crippen molar-refractivity contribution in [2.75, 3.05) is 32.8 Å². The van der Waals surface area contributed by atoms with Crippen molar-refractivity contribution in [1.29, 1.82) is 0 Å². The van der Waals surface area contributed by atoms with Crippen LogP contribution in [0.2, 0.25) is 0 Å². The van der Waals surface area contributed by atoms with Crippen molar-refractivity contribution >= 4 is 11.8 Å². The fraction of sp³-hybridized carbons (Fsp3) is 0.579. The summed E-state index contributed by atoms with van der Waals surface area (Å²) in [5.41, 5.74) is 0.917. The zero-order valence-electron chi connectivity index (χ0n) is 14.4. The van der Waals surface area contributed by atoms with Crippen molar-refractivity contribution in [3.8, 4) is 5.75 Å². The van der Waals surface area contributed by atoms with Crippen LogP contribution in [-0.2, 0) is 20.7 Å². The van der Waals surface area contributed by atoms with Crippen LogP contribution in [0, 0.1) is 0 Å². The normalized spacial score (nSPS) is 23.8. The van der Waals surface area contributed by atoms with E-state index in [1.54, 1.807) is 0 Å². The molecule has 134 valence electrons. The Labute approximate surface area is 147 Å². The summed E-state index contributed by atoms with van der Waals surface area (Å²) in [6.07, 6.45) is 2.90. The first-order valence-electron chi connectivity index (χ1n) is 9.10. The Morgan fingerprint density at radius 1 is 1.28 bits per heavy atom. The molecule has 0 radical (unpaired) electrons. The van der Waals surface area contributed by atoms with Crippen LogP contribution in [0.3, 0.4) is 0 Å². The predicted octanol–water partition coefficient (Wildman–Crippen LogP) is 1.23. The second-order valence-corrected chi connectivity index (χ2v) is 7.03. The van der Waals surface area contributed by atoms with Crippen LogP contribution < -0.4 is 4.74 Å². The van der Waals surface area contributed by atoms with E-state index in [1.807, 2.05) is 34.1 Å². The third-order valence-electron chi connectivity index (χ3n) is 5.26. The molecule has 1 unspecified atom stereocenters. The van der Waals surface area contributed by atoms with E-state index in [1.165, 1.54) is 0 Å². The third-order valence-corrected chi connectivity index (χ3v) is 5.26. The first-order valence-corrected chi connectivity index (χ1v) is 9.10. The largest absolute Gasteiger partial charge is 0.488 e. The number of nitrogens with zero attached hydrogens (tertiary/aromatic N) is 2. The maximum Gasteiger partial charge on any atom is 0.227 e. The van der Waals surface area contributed by atoms with Crippen molar-refractivity contribution in [2.24, 2.45) is 0 Å². The first-order chi connectivity index (χ1) is 12.2. The molecule has 0 bridgehead atoms. The minimum absolute atomic E-state index is 0.0748. The van der Waals surface area contributed by atoms with Gasteiger partial charge in [-0.05, 0) is 12.5 Å². The van der Waals surface area contributed by atoms with Gasteiger partial charge in [0.1, 0.15) is 11.9 Å². The summed E-state index contributed by atoms with van der Waals surface area (Å²) in [4.78, 5) is 28.1. The molecule has 0 aromatic heterocycles. The van der Waals surface area contributed by atoms with Crippen LogP contribution >= 0.6 is 0 Å². The highest BCUT2D eigenvalue weighted by molar-refractivity contribution is 5.82. The SMILES string of the molecule is O=C(Cc1ccccc1OC1CCOC1)N1CC(N2CCCC2=O)C1. The summed E-state index contributed by atoms with van der Waals surface area (Å²) in [5, 5.41) is 0. The molecule has 25 heavy (non-hydrogen) atoms. The number of benzene rings is 1. The summed E-state index contributed by atoms with van der Waals surface area (Å²) in [7, 11) is 0. The lowest BCUT2D eigenvalue weighted by Gasteiger charge is -2.44. The number of hydrogen-bond donors (Lipinski definition) is 0. The lowest BCUT2D eigenvalue weighted by atomic mass is 10.0. The topological polar surface area (TPSA) is 59.1 Å². The number of carbonyl (C=O) groups excluding carboxylic acids is 2. The van der Waals surface area contributed by atoms with Gasteiger partial charge in [-0.2, -0.15) is 0 Å². The molecular formula is C19H24N2O4. The fourth-order valence-electron chi connectivity index (χ4n) is 3.74. The van der Waals surface area contributed by atoms with Gasteiger partial charge in [-0.1, -0.05) is 18.2 Å². The monoisotopic (exact) mass is 344 g/mol. The van der Waals surface area contributed by atoms with Crippen LogP contribution in [-0.4, -0.2) is 66.6 Å². The number of ether oxygens (including phenoxy) is 2. The number of carbonyl (C=O) groups is 2. The van der Waals surface area contributed by atoms with Gasteiger partial charge in [0.2, 0.25) is 11.8 Å². The molecule has 3 saturated heterocycles. The standard InChI is InChI=1S/C19H24N2O4/c22-18-6-3-8-21(18)15-11-20(12-15)19(23)10-14-4-1-2-5-17(14)25-16-7-9-24-13-16/h1-2,4-5,15-16H,3,6-13H2. The Morgan fingerprint density at radius 3 is 2.84 bits per heavy atom. The number of hydrogen-bond acceptors (Lipinski definition) is 4. The number of likely N-dealkylation sites (tertiary alicyclic amines) is 2. The van der Waals surface area contributed by atoms with Crippen LogP contribution in [0.1, 0.15) is 24.8 Å². The molecule has 0 saturated carbocycles. The van der Waals surface area contributed by atoms with Gasteiger partial charge in [0, 0.05) is 38.0 Å². The molecule has 3 heterocycles. The highest BCUT2D eigenvalue weighted by Gasteiger charge is 2.38. The molecular weight excluding hydrogens is 320 g/mol. The van der Waals surface area contributed by atoms with Gasteiger partial charge in [0.25, 0.3) is 0 Å². The minimum atomic E-state index is 0.0748. The first kappa shape index (κ1) is 16.4. The van der Waals surface area contributed by atoms with Crippen molar-refractivity contribution < 1.29 is 19.1 Å². The Kier molecular flexibility index (Phi) is 4.61. The van der Waals surface area contributed by atoms with Gasteiger partial charge in [0.05, 0.1) is 25.7 Å². The van der Waals surface area contributed by atoms with E-state index in [2.05, 4.69) is 0 Å².